The van der Waals surface area contributed by atoms with E-state index >= 15 is 0 Å². The van der Waals surface area contributed by atoms with Gasteiger partial charge >= 0.3 is 0 Å². The van der Waals surface area contributed by atoms with E-state index in [-0.39, 0.29) is 0 Å². The van der Waals surface area contributed by atoms with Crippen LogP contribution in [-0.4, -0.2) is 75.9 Å². The summed E-state index contributed by atoms with van der Waals surface area (Å²) in [4.78, 5) is 9.23. The molecule has 1 saturated heterocycles. The average molecular weight is 391 g/mol. The van der Waals surface area contributed by atoms with Crippen molar-refractivity contribution in [3.63, 3.8) is 0 Å². The molecule has 0 bridgehead atoms. The summed E-state index contributed by atoms with van der Waals surface area (Å²) in [6.07, 6.45) is 1.15. The minimum Gasteiger partial charge on any atom is -0.382 e. The predicted molar refractivity (Wildman–Crippen MR) is 116 cm³/mol. The van der Waals surface area contributed by atoms with E-state index in [0.29, 0.717) is 19.1 Å². The van der Waals surface area contributed by atoms with E-state index in [2.05, 4.69) is 58.2 Å². The van der Waals surface area contributed by atoms with Crippen molar-refractivity contribution in [2.24, 2.45) is 10.9 Å². The number of nitrogens with one attached hydrogen (secondary N) is 1. The molecule has 1 fully saturated rings. The van der Waals surface area contributed by atoms with E-state index < -0.39 is 0 Å². The first kappa shape index (κ1) is 22.7. The lowest BCUT2D eigenvalue weighted by Gasteiger charge is -2.22. The third-order valence-electron chi connectivity index (χ3n) is 5.36. The minimum absolute atomic E-state index is 0.565. The number of benzene rings is 1. The first-order chi connectivity index (χ1) is 13.7. The molecule has 1 aliphatic rings. The second-order valence-electron chi connectivity index (χ2n) is 7.35. The number of guanidine groups is 1. The molecule has 0 amide bonds. The predicted octanol–water partition coefficient (Wildman–Crippen LogP) is 2.59. The Morgan fingerprint density at radius 1 is 1.18 bits per heavy atom. The van der Waals surface area contributed by atoms with E-state index in [1.807, 2.05) is 7.05 Å². The first-order valence-corrected chi connectivity index (χ1v) is 10.5. The van der Waals surface area contributed by atoms with Crippen molar-refractivity contribution in [2.75, 3.05) is 60.2 Å². The number of methoxy groups -OCH3 is 1. The Labute approximate surface area is 170 Å². The highest BCUT2D eigenvalue weighted by molar-refractivity contribution is 5.80. The van der Waals surface area contributed by atoms with Gasteiger partial charge in [0, 0.05) is 46.3 Å². The molecule has 1 aromatic rings. The van der Waals surface area contributed by atoms with E-state index in [1.165, 1.54) is 11.1 Å². The molecule has 158 valence electrons. The summed E-state index contributed by atoms with van der Waals surface area (Å²) in [6, 6.07) is 8.91. The van der Waals surface area contributed by atoms with Crippen LogP contribution < -0.4 is 5.32 Å². The van der Waals surface area contributed by atoms with Crippen LogP contribution in [0.3, 0.4) is 0 Å². The molecule has 0 aliphatic carbocycles. The number of ether oxygens (including phenoxy) is 2. The van der Waals surface area contributed by atoms with Gasteiger partial charge in [-0.15, -0.1) is 0 Å². The summed E-state index contributed by atoms with van der Waals surface area (Å²) in [6.45, 7) is 12.6. The molecule has 6 heteroatoms. The van der Waals surface area contributed by atoms with Crippen molar-refractivity contribution < 1.29 is 9.47 Å². The summed E-state index contributed by atoms with van der Waals surface area (Å²) in [7, 11) is 3.56. The smallest absolute Gasteiger partial charge is 0.193 e. The number of aliphatic imine (C=N–C) groups is 1. The Bertz CT molecular complexity index is 572. The molecule has 1 N–H and O–H groups in total. The molecule has 0 saturated carbocycles. The molecule has 0 aromatic heterocycles. The maximum Gasteiger partial charge on any atom is 0.193 e. The molecule has 1 aromatic carbocycles. The monoisotopic (exact) mass is 390 g/mol. The molecular formula is C22H38N4O2. The summed E-state index contributed by atoms with van der Waals surface area (Å²) < 4.78 is 10.7. The number of hydrogen-bond acceptors (Lipinski definition) is 4. The third-order valence-corrected chi connectivity index (χ3v) is 5.36. The van der Waals surface area contributed by atoms with Gasteiger partial charge in [-0.25, -0.2) is 0 Å². The fourth-order valence-corrected chi connectivity index (χ4v) is 3.53. The van der Waals surface area contributed by atoms with Gasteiger partial charge in [-0.2, -0.15) is 0 Å². The lowest BCUT2D eigenvalue weighted by atomic mass is 10.1. The topological polar surface area (TPSA) is 49.3 Å². The SMILES string of the molecule is CCN(CC)Cc1ccc(CNC(=NC)N2CCC(COCCOC)C2)cc1. The highest BCUT2D eigenvalue weighted by Crippen LogP contribution is 2.17. The normalized spacial score (nSPS) is 17.5. The molecule has 2 rings (SSSR count). The van der Waals surface area contributed by atoms with E-state index in [0.717, 1.165) is 58.3 Å². The summed E-state index contributed by atoms with van der Waals surface area (Å²) in [5.74, 6) is 1.54. The minimum atomic E-state index is 0.565. The zero-order chi connectivity index (χ0) is 20.2. The van der Waals surface area contributed by atoms with Gasteiger partial charge in [-0.05, 0) is 30.6 Å². The Balaban J connectivity index is 1.76. The summed E-state index contributed by atoms with van der Waals surface area (Å²) in [5.41, 5.74) is 2.65. The standard InChI is InChI=1S/C22H38N4O2/c1-5-25(6-2)16-20-9-7-19(8-10-20)15-24-22(23-3)26-12-11-21(17-26)18-28-14-13-27-4/h7-10,21H,5-6,11-18H2,1-4H3,(H,23,24). The quantitative estimate of drug-likeness (QED) is 0.358. The lowest BCUT2D eigenvalue weighted by molar-refractivity contribution is 0.0536. The summed E-state index contributed by atoms with van der Waals surface area (Å²) in [5, 5.41) is 3.51. The highest BCUT2D eigenvalue weighted by atomic mass is 16.5. The molecule has 0 spiro atoms. The van der Waals surface area contributed by atoms with E-state index in [1.54, 1.807) is 7.11 Å². The van der Waals surface area contributed by atoms with Gasteiger partial charge in [0.1, 0.15) is 0 Å². The fraction of sp³-hybridized carbons (Fsp3) is 0.682. The van der Waals surface area contributed by atoms with Crippen LogP contribution in [0.4, 0.5) is 0 Å². The molecule has 1 atom stereocenters. The maximum absolute atomic E-state index is 5.69. The molecule has 1 heterocycles. The lowest BCUT2D eigenvalue weighted by Crippen LogP contribution is -2.39. The average Bonchev–Trinajstić information content (AvgIpc) is 3.19. The molecular weight excluding hydrogens is 352 g/mol. The first-order valence-electron chi connectivity index (χ1n) is 10.5. The molecule has 6 nitrogen and oxygen atoms in total. The molecule has 1 aliphatic heterocycles. The van der Waals surface area contributed by atoms with Gasteiger partial charge in [0.05, 0.1) is 19.8 Å². The zero-order valence-electron chi connectivity index (χ0n) is 18.1. The van der Waals surface area contributed by atoms with Crippen molar-refractivity contribution in [3.8, 4) is 0 Å². The van der Waals surface area contributed by atoms with Gasteiger partial charge in [0.15, 0.2) is 5.96 Å². The second-order valence-corrected chi connectivity index (χ2v) is 7.35. The second kappa shape index (κ2) is 12.8. The molecule has 28 heavy (non-hydrogen) atoms. The number of hydrogen-bond donors (Lipinski definition) is 1. The van der Waals surface area contributed by atoms with Crippen LogP contribution in [0.25, 0.3) is 0 Å². The maximum atomic E-state index is 5.69. The van der Waals surface area contributed by atoms with Crippen LogP contribution in [0, 0.1) is 5.92 Å². The van der Waals surface area contributed by atoms with Gasteiger partial charge < -0.3 is 19.7 Å². The summed E-state index contributed by atoms with van der Waals surface area (Å²) >= 11 is 0. The molecule has 1 unspecified atom stereocenters. The zero-order valence-corrected chi connectivity index (χ0v) is 18.1. The van der Waals surface area contributed by atoms with Crippen molar-refractivity contribution in [1.82, 2.24) is 15.1 Å². The van der Waals surface area contributed by atoms with Crippen LogP contribution in [0.5, 0.6) is 0 Å². The number of rotatable bonds is 11. The Kier molecular flexibility index (Phi) is 10.3. The number of nitrogens with zero attached hydrogens (tertiary/aromatic N) is 3. The fourth-order valence-electron chi connectivity index (χ4n) is 3.53. The van der Waals surface area contributed by atoms with Gasteiger partial charge in [0.2, 0.25) is 0 Å². The Morgan fingerprint density at radius 3 is 2.54 bits per heavy atom. The van der Waals surface area contributed by atoms with Crippen molar-refractivity contribution in [2.45, 2.75) is 33.4 Å². The van der Waals surface area contributed by atoms with Crippen LogP contribution >= 0.6 is 0 Å². The van der Waals surface area contributed by atoms with Crippen molar-refractivity contribution in [1.29, 1.82) is 0 Å². The molecule has 0 radical (unpaired) electrons. The van der Waals surface area contributed by atoms with Crippen LogP contribution in [0.2, 0.25) is 0 Å². The third kappa shape index (κ3) is 7.41. The number of likely N-dealkylation sites (tertiary alicyclic amines) is 1. The van der Waals surface area contributed by atoms with Gasteiger partial charge in [0.25, 0.3) is 0 Å². The largest absolute Gasteiger partial charge is 0.382 e. The van der Waals surface area contributed by atoms with Gasteiger partial charge in [-0.1, -0.05) is 38.1 Å². The van der Waals surface area contributed by atoms with Crippen LogP contribution in [-0.2, 0) is 22.6 Å². The van der Waals surface area contributed by atoms with Crippen molar-refractivity contribution in [3.05, 3.63) is 35.4 Å². The van der Waals surface area contributed by atoms with E-state index in [9.17, 15) is 0 Å². The Hall–Kier alpha value is -1.63. The Morgan fingerprint density at radius 2 is 1.89 bits per heavy atom. The van der Waals surface area contributed by atoms with Crippen molar-refractivity contribution >= 4 is 5.96 Å². The highest BCUT2D eigenvalue weighted by Gasteiger charge is 2.24. The van der Waals surface area contributed by atoms with Crippen LogP contribution in [0.1, 0.15) is 31.4 Å². The van der Waals surface area contributed by atoms with E-state index in [4.69, 9.17) is 9.47 Å². The van der Waals surface area contributed by atoms with Gasteiger partial charge in [-0.3, -0.25) is 9.89 Å². The van der Waals surface area contributed by atoms with Crippen LogP contribution in [0.15, 0.2) is 29.3 Å².